The summed E-state index contributed by atoms with van der Waals surface area (Å²) in [7, 11) is 2.13. The van der Waals surface area contributed by atoms with Gasteiger partial charge >= 0.3 is 0 Å². The first-order valence-electron chi connectivity index (χ1n) is 5.79. The predicted octanol–water partition coefficient (Wildman–Crippen LogP) is 3.50. The van der Waals surface area contributed by atoms with Crippen molar-refractivity contribution in [3.8, 4) is 0 Å². The second-order valence-corrected chi connectivity index (χ2v) is 7.01. The normalized spacial score (nSPS) is 11.4. The average Bonchev–Trinajstić information content (AvgIpc) is 2.60. The molecule has 2 nitrogen and oxygen atoms in total. The maximum absolute atomic E-state index is 4.10. The van der Waals surface area contributed by atoms with Crippen LogP contribution in [0.25, 0.3) is 0 Å². The zero-order valence-electron chi connectivity index (χ0n) is 10.8. The van der Waals surface area contributed by atoms with Crippen LogP contribution >= 0.6 is 27.3 Å². The van der Waals surface area contributed by atoms with Crippen LogP contribution in [0.3, 0.4) is 0 Å². The van der Waals surface area contributed by atoms with Gasteiger partial charge in [-0.15, -0.1) is 11.3 Å². The van der Waals surface area contributed by atoms with Gasteiger partial charge in [0, 0.05) is 25.7 Å². The minimum absolute atomic E-state index is 0.518. The molecule has 96 valence electrons. The number of nitrogens with one attached hydrogen (secondary N) is 1. The van der Waals surface area contributed by atoms with Crippen molar-refractivity contribution >= 4 is 27.3 Å². The summed E-state index contributed by atoms with van der Waals surface area (Å²) in [5.41, 5.74) is 2.59. The summed E-state index contributed by atoms with van der Waals surface area (Å²) in [6.45, 7) is 11.2. The van der Waals surface area contributed by atoms with E-state index in [2.05, 4.69) is 65.1 Å². The van der Waals surface area contributed by atoms with Crippen molar-refractivity contribution in [1.29, 1.82) is 0 Å². The first-order valence-corrected chi connectivity index (χ1v) is 7.46. The monoisotopic (exact) mass is 316 g/mol. The molecule has 1 rings (SSSR count). The molecule has 1 aromatic rings. The number of hydrogen-bond donors (Lipinski definition) is 1. The third-order valence-electron chi connectivity index (χ3n) is 2.33. The first-order chi connectivity index (χ1) is 7.97. The molecule has 0 amide bonds. The van der Waals surface area contributed by atoms with Gasteiger partial charge in [-0.25, -0.2) is 0 Å². The lowest BCUT2D eigenvalue weighted by Crippen LogP contribution is -2.29. The summed E-state index contributed by atoms with van der Waals surface area (Å²) in [6, 6.07) is 2.70. The number of halogens is 1. The molecule has 0 aliphatic rings. The number of rotatable bonds is 7. The fraction of sp³-hybridized carbons (Fsp3) is 0.538. The van der Waals surface area contributed by atoms with Crippen LogP contribution in [-0.2, 0) is 6.54 Å². The van der Waals surface area contributed by atoms with E-state index in [-0.39, 0.29) is 0 Å². The van der Waals surface area contributed by atoms with Crippen LogP contribution in [-0.4, -0.2) is 31.1 Å². The Hall–Kier alpha value is -0.160. The summed E-state index contributed by atoms with van der Waals surface area (Å²) >= 11 is 5.22. The molecule has 0 fully saturated rings. The van der Waals surface area contributed by atoms with Crippen LogP contribution in [0, 0.1) is 0 Å². The number of thiophene rings is 1. The molecule has 0 saturated heterocycles. The quantitative estimate of drug-likeness (QED) is 0.775. The molecule has 4 heteroatoms. The van der Waals surface area contributed by atoms with Crippen molar-refractivity contribution in [2.45, 2.75) is 26.4 Å². The minimum atomic E-state index is 0.518. The van der Waals surface area contributed by atoms with Crippen molar-refractivity contribution < 1.29 is 0 Å². The van der Waals surface area contributed by atoms with E-state index in [0.717, 1.165) is 19.6 Å². The lowest BCUT2D eigenvalue weighted by molar-refractivity contribution is 0.351. The summed E-state index contributed by atoms with van der Waals surface area (Å²) in [5.74, 6) is 0. The maximum Gasteiger partial charge on any atom is 0.0701 e. The number of likely N-dealkylation sites (N-methyl/N-ethyl adjacent to an activating group) is 1. The maximum atomic E-state index is 4.10. The predicted molar refractivity (Wildman–Crippen MR) is 80.6 cm³/mol. The van der Waals surface area contributed by atoms with Gasteiger partial charge in [-0.2, -0.15) is 0 Å². The number of hydrogen-bond acceptors (Lipinski definition) is 3. The molecular formula is C13H21BrN2S. The van der Waals surface area contributed by atoms with Crippen LogP contribution < -0.4 is 5.32 Å². The Balaban J connectivity index is 2.29. The standard InChI is InChI=1S/C13H21BrN2S/c1-10(2)15-6-11(3)7-16(4)8-12-5-13(14)17-9-12/h5,9-10,15H,3,6-8H2,1-2,4H3. The zero-order chi connectivity index (χ0) is 12.8. The van der Waals surface area contributed by atoms with Gasteiger partial charge in [0.05, 0.1) is 3.79 Å². The third kappa shape index (κ3) is 6.36. The van der Waals surface area contributed by atoms with Gasteiger partial charge in [-0.05, 0) is 45.6 Å². The Morgan fingerprint density at radius 2 is 2.29 bits per heavy atom. The highest BCUT2D eigenvalue weighted by Gasteiger charge is 2.04. The molecule has 0 spiro atoms. The first kappa shape index (κ1) is 14.9. The summed E-state index contributed by atoms with van der Waals surface area (Å²) in [4.78, 5) is 2.29. The Kier molecular flexibility index (Phi) is 6.41. The lowest BCUT2D eigenvalue weighted by atomic mass is 10.2. The molecule has 1 heterocycles. The summed E-state index contributed by atoms with van der Waals surface area (Å²) < 4.78 is 1.20. The molecule has 0 aromatic carbocycles. The Labute approximate surface area is 117 Å². The molecule has 0 radical (unpaired) electrons. The van der Waals surface area contributed by atoms with E-state index < -0.39 is 0 Å². The van der Waals surface area contributed by atoms with Crippen LogP contribution in [0.4, 0.5) is 0 Å². The SMILES string of the molecule is C=C(CNC(C)C)CN(C)Cc1csc(Br)c1. The van der Waals surface area contributed by atoms with Crippen LogP contribution in [0.2, 0.25) is 0 Å². The van der Waals surface area contributed by atoms with E-state index in [1.165, 1.54) is 14.9 Å². The second kappa shape index (κ2) is 7.31. The Morgan fingerprint density at radius 1 is 1.59 bits per heavy atom. The van der Waals surface area contributed by atoms with Gasteiger partial charge in [0.15, 0.2) is 0 Å². The van der Waals surface area contributed by atoms with Gasteiger partial charge in [-0.3, -0.25) is 4.90 Å². The smallest absolute Gasteiger partial charge is 0.0701 e. The second-order valence-electron chi connectivity index (χ2n) is 4.72. The Morgan fingerprint density at radius 3 is 2.82 bits per heavy atom. The van der Waals surface area contributed by atoms with Crippen LogP contribution in [0.1, 0.15) is 19.4 Å². The largest absolute Gasteiger partial charge is 0.311 e. The summed E-state index contributed by atoms with van der Waals surface area (Å²) in [6.07, 6.45) is 0. The molecule has 0 aliphatic carbocycles. The van der Waals surface area contributed by atoms with Crippen LogP contribution in [0.15, 0.2) is 27.4 Å². The van der Waals surface area contributed by atoms with Gasteiger partial charge in [0.1, 0.15) is 0 Å². The molecular weight excluding hydrogens is 296 g/mol. The highest BCUT2D eigenvalue weighted by atomic mass is 79.9. The van der Waals surface area contributed by atoms with E-state index >= 15 is 0 Å². The fourth-order valence-electron chi connectivity index (χ4n) is 1.58. The van der Waals surface area contributed by atoms with Gasteiger partial charge in [0.25, 0.3) is 0 Å². The van der Waals surface area contributed by atoms with Crippen LogP contribution in [0.5, 0.6) is 0 Å². The molecule has 1 N–H and O–H groups in total. The van der Waals surface area contributed by atoms with Gasteiger partial charge in [0.2, 0.25) is 0 Å². The van der Waals surface area contributed by atoms with E-state index in [4.69, 9.17) is 0 Å². The van der Waals surface area contributed by atoms with E-state index in [9.17, 15) is 0 Å². The lowest BCUT2D eigenvalue weighted by Gasteiger charge is -2.18. The highest BCUT2D eigenvalue weighted by molar-refractivity contribution is 9.11. The molecule has 0 aliphatic heterocycles. The molecule has 0 bridgehead atoms. The summed E-state index contributed by atoms with van der Waals surface area (Å²) in [5, 5.41) is 5.58. The topological polar surface area (TPSA) is 15.3 Å². The molecule has 0 unspecified atom stereocenters. The van der Waals surface area contributed by atoms with E-state index in [1.54, 1.807) is 11.3 Å². The van der Waals surface area contributed by atoms with E-state index in [1.807, 2.05) is 0 Å². The molecule has 17 heavy (non-hydrogen) atoms. The molecule has 1 aromatic heterocycles. The highest BCUT2D eigenvalue weighted by Crippen LogP contribution is 2.21. The molecule has 0 saturated carbocycles. The van der Waals surface area contributed by atoms with Crippen molar-refractivity contribution in [1.82, 2.24) is 10.2 Å². The zero-order valence-corrected chi connectivity index (χ0v) is 13.2. The van der Waals surface area contributed by atoms with Crippen molar-refractivity contribution in [3.63, 3.8) is 0 Å². The Bertz CT molecular complexity index is 360. The van der Waals surface area contributed by atoms with Crippen molar-refractivity contribution in [2.75, 3.05) is 20.1 Å². The average molecular weight is 317 g/mol. The third-order valence-corrected chi connectivity index (χ3v) is 3.88. The number of nitrogens with zero attached hydrogens (tertiary/aromatic N) is 1. The van der Waals surface area contributed by atoms with Crippen molar-refractivity contribution in [3.05, 3.63) is 32.9 Å². The fourth-order valence-corrected chi connectivity index (χ4v) is 2.78. The molecule has 0 atom stereocenters. The minimum Gasteiger partial charge on any atom is -0.311 e. The van der Waals surface area contributed by atoms with E-state index in [0.29, 0.717) is 6.04 Å². The van der Waals surface area contributed by atoms with Gasteiger partial charge < -0.3 is 5.32 Å². The van der Waals surface area contributed by atoms with Crippen molar-refractivity contribution in [2.24, 2.45) is 0 Å². The van der Waals surface area contributed by atoms with Gasteiger partial charge in [-0.1, -0.05) is 20.4 Å².